The first kappa shape index (κ1) is 14.2. The average Bonchev–Trinajstić information content (AvgIpc) is 2.27. The largest absolute Gasteiger partial charge is 0.350 e. The molecular formula is C13H19BrN2O. The lowest BCUT2D eigenvalue weighted by Crippen LogP contribution is -2.28. The van der Waals surface area contributed by atoms with Crippen LogP contribution in [0.3, 0.4) is 0 Å². The zero-order chi connectivity index (χ0) is 12.8. The number of rotatable bonds is 5. The van der Waals surface area contributed by atoms with Crippen LogP contribution in [-0.4, -0.2) is 11.9 Å². The van der Waals surface area contributed by atoms with Gasteiger partial charge >= 0.3 is 0 Å². The highest BCUT2D eigenvalue weighted by atomic mass is 79.9. The van der Waals surface area contributed by atoms with Crippen molar-refractivity contribution in [2.75, 3.05) is 0 Å². The fourth-order valence-corrected chi connectivity index (χ4v) is 1.77. The number of nitrogens with one attached hydrogen (secondary N) is 1. The van der Waals surface area contributed by atoms with Gasteiger partial charge in [-0.1, -0.05) is 28.1 Å². The number of hydrogen-bond acceptors (Lipinski definition) is 2. The van der Waals surface area contributed by atoms with Crippen LogP contribution in [0.1, 0.15) is 38.3 Å². The Morgan fingerprint density at radius 3 is 2.47 bits per heavy atom. The summed E-state index contributed by atoms with van der Waals surface area (Å²) in [5.41, 5.74) is 6.71. The maximum absolute atomic E-state index is 11.6. The van der Waals surface area contributed by atoms with Crippen molar-refractivity contribution in [2.45, 2.75) is 38.8 Å². The number of benzene rings is 1. The molecule has 4 heteroatoms. The molecular weight excluding hydrogens is 280 g/mol. The molecule has 1 amide bonds. The molecule has 1 aromatic carbocycles. The van der Waals surface area contributed by atoms with Crippen LogP contribution in [0.4, 0.5) is 0 Å². The number of carbonyl (C=O) groups is 1. The predicted octanol–water partition coefficient (Wildman–Crippen LogP) is 2.75. The Labute approximate surface area is 111 Å². The topological polar surface area (TPSA) is 55.1 Å². The van der Waals surface area contributed by atoms with Gasteiger partial charge in [-0.2, -0.15) is 0 Å². The highest BCUT2D eigenvalue weighted by molar-refractivity contribution is 9.10. The Morgan fingerprint density at radius 1 is 1.35 bits per heavy atom. The van der Waals surface area contributed by atoms with Crippen LogP contribution < -0.4 is 11.1 Å². The van der Waals surface area contributed by atoms with Gasteiger partial charge in [0.15, 0.2) is 0 Å². The molecule has 1 aromatic rings. The zero-order valence-electron chi connectivity index (χ0n) is 10.2. The van der Waals surface area contributed by atoms with Crippen LogP contribution in [0, 0.1) is 0 Å². The molecule has 1 unspecified atom stereocenters. The van der Waals surface area contributed by atoms with E-state index in [2.05, 4.69) is 21.2 Å². The molecule has 3 N–H and O–H groups in total. The quantitative estimate of drug-likeness (QED) is 0.878. The lowest BCUT2D eigenvalue weighted by Gasteiger charge is -2.15. The summed E-state index contributed by atoms with van der Waals surface area (Å²) in [7, 11) is 0. The minimum absolute atomic E-state index is 0.0312. The molecule has 0 saturated heterocycles. The maximum Gasteiger partial charge on any atom is 0.220 e. The second-order valence-electron chi connectivity index (χ2n) is 4.36. The standard InChI is InChI=1S/C13H19BrN2O/c1-9(15)3-8-13(17)16-10(2)11-4-6-12(14)7-5-11/h4-7,9-10H,3,8,15H2,1-2H3,(H,16,17)/t9?,10-/m0/s1. The van der Waals surface area contributed by atoms with E-state index in [-0.39, 0.29) is 18.0 Å². The summed E-state index contributed by atoms with van der Waals surface area (Å²) in [6, 6.07) is 8.05. The van der Waals surface area contributed by atoms with Crippen LogP contribution in [0.2, 0.25) is 0 Å². The SMILES string of the molecule is CC(N)CCC(=O)N[C@@H](C)c1ccc(Br)cc1. The fraction of sp³-hybridized carbons (Fsp3) is 0.462. The third kappa shape index (κ3) is 5.33. The van der Waals surface area contributed by atoms with Gasteiger partial charge in [0.25, 0.3) is 0 Å². The number of carbonyl (C=O) groups excluding carboxylic acids is 1. The molecule has 0 saturated carbocycles. The molecule has 0 aliphatic rings. The molecule has 0 aliphatic carbocycles. The molecule has 2 atom stereocenters. The number of hydrogen-bond donors (Lipinski definition) is 2. The molecule has 3 nitrogen and oxygen atoms in total. The molecule has 0 spiro atoms. The zero-order valence-corrected chi connectivity index (χ0v) is 11.8. The average molecular weight is 299 g/mol. The lowest BCUT2D eigenvalue weighted by atomic mass is 10.1. The van der Waals surface area contributed by atoms with Crippen molar-refractivity contribution in [3.63, 3.8) is 0 Å². The van der Waals surface area contributed by atoms with Gasteiger partial charge in [-0.05, 0) is 38.0 Å². The Bertz CT molecular complexity index is 362. The maximum atomic E-state index is 11.6. The lowest BCUT2D eigenvalue weighted by molar-refractivity contribution is -0.121. The highest BCUT2D eigenvalue weighted by Crippen LogP contribution is 2.16. The summed E-state index contributed by atoms with van der Waals surface area (Å²) in [6.07, 6.45) is 1.21. The first-order chi connectivity index (χ1) is 7.99. The summed E-state index contributed by atoms with van der Waals surface area (Å²) >= 11 is 3.38. The van der Waals surface area contributed by atoms with Gasteiger partial charge in [0.05, 0.1) is 6.04 Å². The summed E-state index contributed by atoms with van der Waals surface area (Å²) < 4.78 is 1.04. The van der Waals surface area contributed by atoms with Gasteiger partial charge in [0.2, 0.25) is 5.91 Å². The van der Waals surface area contributed by atoms with Crippen molar-refractivity contribution in [3.8, 4) is 0 Å². The number of amides is 1. The van der Waals surface area contributed by atoms with Crippen molar-refractivity contribution in [3.05, 3.63) is 34.3 Å². The molecule has 0 bridgehead atoms. The Balaban J connectivity index is 2.46. The van der Waals surface area contributed by atoms with E-state index in [0.717, 1.165) is 16.5 Å². The summed E-state index contributed by atoms with van der Waals surface area (Å²) in [6.45, 7) is 3.89. The minimum Gasteiger partial charge on any atom is -0.350 e. The van der Waals surface area contributed by atoms with Gasteiger partial charge in [-0.25, -0.2) is 0 Å². The fourth-order valence-electron chi connectivity index (χ4n) is 1.51. The van der Waals surface area contributed by atoms with E-state index in [1.54, 1.807) is 0 Å². The normalized spacial score (nSPS) is 14.1. The van der Waals surface area contributed by atoms with Crippen molar-refractivity contribution < 1.29 is 4.79 Å². The van der Waals surface area contributed by atoms with Gasteiger partial charge in [-0.3, -0.25) is 4.79 Å². The van der Waals surface area contributed by atoms with E-state index < -0.39 is 0 Å². The third-order valence-corrected chi connectivity index (χ3v) is 3.10. The minimum atomic E-state index is 0.0312. The smallest absolute Gasteiger partial charge is 0.220 e. The second-order valence-corrected chi connectivity index (χ2v) is 5.27. The first-order valence-electron chi connectivity index (χ1n) is 5.79. The Morgan fingerprint density at radius 2 is 1.94 bits per heavy atom. The van der Waals surface area contributed by atoms with E-state index in [9.17, 15) is 4.79 Å². The van der Waals surface area contributed by atoms with Crippen molar-refractivity contribution in [1.82, 2.24) is 5.32 Å². The molecule has 0 aliphatic heterocycles. The van der Waals surface area contributed by atoms with E-state index in [1.165, 1.54) is 0 Å². The molecule has 0 radical (unpaired) electrons. The highest BCUT2D eigenvalue weighted by Gasteiger charge is 2.09. The molecule has 0 fully saturated rings. The van der Waals surface area contributed by atoms with Gasteiger partial charge in [0.1, 0.15) is 0 Å². The van der Waals surface area contributed by atoms with Crippen molar-refractivity contribution >= 4 is 21.8 Å². The summed E-state index contributed by atoms with van der Waals surface area (Å²) in [5.74, 6) is 0.0534. The van der Waals surface area contributed by atoms with E-state index in [4.69, 9.17) is 5.73 Å². The molecule has 0 heterocycles. The van der Waals surface area contributed by atoms with Crippen LogP contribution in [-0.2, 0) is 4.79 Å². The summed E-state index contributed by atoms with van der Waals surface area (Å²) in [5, 5.41) is 2.96. The van der Waals surface area contributed by atoms with Crippen LogP contribution in [0.25, 0.3) is 0 Å². The number of halogens is 1. The third-order valence-electron chi connectivity index (χ3n) is 2.57. The first-order valence-corrected chi connectivity index (χ1v) is 6.58. The monoisotopic (exact) mass is 298 g/mol. The van der Waals surface area contributed by atoms with Crippen molar-refractivity contribution in [1.29, 1.82) is 0 Å². The van der Waals surface area contributed by atoms with Crippen LogP contribution in [0.15, 0.2) is 28.7 Å². The summed E-state index contributed by atoms with van der Waals surface area (Å²) in [4.78, 5) is 11.6. The van der Waals surface area contributed by atoms with E-state index in [1.807, 2.05) is 38.1 Å². The molecule has 17 heavy (non-hydrogen) atoms. The van der Waals surface area contributed by atoms with Gasteiger partial charge < -0.3 is 11.1 Å². The predicted molar refractivity (Wildman–Crippen MR) is 73.6 cm³/mol. The van der Waals surface area contributed by atoms with E-state index in [0.29, 0.717) is 6.42 Å². The number of nitrogens with two attached hydrogens (primary N) is 1. The van der Waals surface area contributed by atoms with Crippen molar-refractivity contribution in [2.24, 2.45) is 5.73 Å². The second kappa shape index (κ2) is 6.77. The molecule has 0 aromatic heterocycles. The van der Waals surface area contributed by atoms with Gasteiger partial charge in [0, 0.05) is 16.9 Å². The Kier molecular flexibility index (Phi) is 5.65. The Hall–Kier alpha value is -0.870. The van der Waals surface area contributed by atoms with Gasteiger partial charge in [-0.15, -0.1) is 0 Å². The van der Waals surface area contributed by atoms with E-state index >= 15 is 0 Å². The van der Waals surface area contributed by atoms with Crippen LogP contribution in [0.5, 0.6) is 0 Å². The van der Waals surface area contributed by atoms with Crippen LogP contribution >= 0.6 is 15.9 Å². The molecule has 94 valence electrons. The molecule has 1 rings (SSSR count).